The summed E-state index contributed by atoms with van der Waals surface area (Å²) in [5.74, 6) is -0.168. The van der Waals surface area contributed by atoms with Gasteiger partial charge in [0.15, 0.2) is 0 Å². The van der Waals surface area contributed by atoms with E-state index >= 15 is 0 Å². The number of amides is 2. The zero-order valence-corrected chi connectivity index (χ0v) is 14.0. The fourth-order valence-electron chi connectivity index (χ4n) is 2.41. The molecule has 1 unspecified atom stereocenters. The van der Waals surface area contributed by atoms with Crippen LogP contribution in [0, 0.1) is 0 Å². The van der Waals surface area contributed by atoms with E-state index in [4.69, 9.17) is 0 Å². The molecule has 1 atom stereocenters. The highest BCUT2D eigenvalue weighted by molar-refractivity contribution is 5.89. The van der Waals surface area contributed by atoms with Gasteiger partial charge >= 0.3 is 0 Å². The first kappa shape index (κ1) is 17.5. The van der Waals surface area contributed by atoms with E-state index in [2.05, 4.69) is 16.0 Å². The van der Waals surface area contributed by atoms with E-state index in [1.807, 2.05) is 49.4 Å². The Morgan fingerprint density at radius 1 is 0.958 bits per heavy atom. The first-order valence-electron chi connectivity index (χ1n) is 8.04. The van der Waals surface area contributed by atoms with Crippen LogP contribution in [0.5, 0.6) is 0 Å². The highest BCUT2D eigenvalue weighted by atomic mass is 16.2. The van der Waals surface area contributed by atoms with Crippen molar-refractivity contribution >= 4 is 23.2 Å². The quantitative estimate of drug-likeness (QED) is 0.731. The number of carbonyl (C=O) groups is 2. The largest absolute Gasteiger partial charge is 0.376 e. The predicted molar refractivity (Wildman–Crippen MR) is 96.9 cm³/mol. The smallest absolute Gasteiger partial charge is 0.239 e. The molecule has 0 aliphatic heterocycles. The van der Waals surface area contributed by atoms with E-state index in [0.29, 0.717) is 0 Å². The van der Waals surface area contributed by atoms with E-state index < -0.39 is 0 Å². The van der Waals surface area contributed by atoms with Gasteiger partial charge in [0.2, 0.25) is 11.8 Å². The van der Waals surface area contributed by atoms with Gasteiger partial charge in [-0.25, -0.2) is 0 Å². The predicted octanol–water partition coefficient (Wildman–Crippen LogP) is 3.32. The SMILES string of the molecule is CCC(NC(=O)CNc1ccc(NC(C)=O)cc1)c1ccccc1. The van der Waals surface area contributed by atoms with Crippen LogP contribution in [0.4, 0.5) is 11.4 Å². The molecule has 0 spiro atoms. The van der Waals surface area contributed by atoms with Gasteiger partial charge in [-0.1, -0.05) is 37.3 Å². The van der Waals surface area contributed by atoms with Gasteiger partial charge in [0.05, 0.1) is 12.6 Å². The Morgan fingerprint density at radius 3 is 2.17 bits per heavy atom. The number of carbonyl (C=O) groups excluding carboxylic acids is 2. The monoisotopic (exact) mass is 325 g/mol. The molecule has 0 bridgehead atoms. The summed E-state index contributed by atoms with van der Waals surface area (Å²) >= 11 is 0. The van der Waals surface area contributed by atoms with Crippen LogP contribution in [0.15, 0.2) is 54.6 Å². The standard InChI is InChI=1S/C19H23N3O2/c1-3-18(15-7-5-4-6-8-15)22-19(24)13-20-16-9-11-17(12-10-16)21-14(2)23/h4-12,18,20H,3,13H2,1-2H3,(H,21,23)(H,22,24). The number of hydrogen-bond acceptors (Lipinski definition) is 3. The van der Waals surface area contributed by atoms with Crippen molar-refractivity contribution < 1.29 is 9.59 Å². The van der Waals surface area contributed by atoms with Crippen molar-refractivity contribution in [2.75, 3.05) is 17.2 Å². The molecule has 2 rings (SSSR count). The zero-order chi connectivity index (χ0) is 17.4. The first-order valence-corrected chi connectivity index (χ1v) is 8.04. The normalized spacial score (nSPS) is 11.4. The van der Waals surface area contributed by atoms with E-state index in [9.17, 15) is 9.59 Å². The third-order valence-corrected chi connectivity index (χ3v) is 3.60. The molecule has 0 aliphatic rings. The fraction of sp³-hybridized carbons (Fsp3) is 0.263. The van der Waals surface area contributed by atoms with Crippen molar-refractivity contribution in [1.82, 2.24) is 5.32 Å². The lowest BCUT2D eigenvalue weighted by Gasteiger charge is -2.18. The summed E-state index contributed by atoms with van der Waals surface area (Å²) < 4.78 is 0. The lowest BCUT2D eigenvalue weighted by molar-refractivity contribution is -0.120. The second-order valence-corrected chi connectivity index (χ2v) is 5.55. The van der Waals surface area contributed by atoms with Crippen molar-refractivity contribution in [3.05, 3.63) is 60.2 Å². The summed E-state index contributed by atoms with van der Waals surface area (Å²) in [6.07, 6.45) is 0.834. The molecular formula is C19H23N3O2. The third-order valence-electron chi connectivity index (χ3n) is 3.60. The van der Waals surface area contributed by atoms with Crippen LogP contribution < -0.4 is 16.0 Å². The molecule has 0 saturated heterocycles. The molecule has 0 saturated carbocycles. The molecule has 0 heterocycles. The molecule has 2 aromatic rings. The van der Waals surface area contributed by atoms with E-state index in [1.54, 1.807) is 12.1 Å². The van der Waals surface area contributed by atoms with Crippen LogP contribution in [0.25, 0.3) is 0 Å². The summed E-state index contributed by atoms with van der Waals surface area (Å²) in [7, 11) is 0. The Balaban J connectivity index is 1.85. The highest BCUT2D eigenvalue weighted by Gasteiger charge is 2.11. The average molecular weight is 325 g/mol. The summed E-state index contributed by atoms with van der Waals surface area (Å²) in [5.41, 5.74) is 2.66. The van der Waals surface area contributed by atoms with Crippen molar-refractivity contribution in [2.24, 2.45) is 0 Å². The minimum absolute atomic E-state index is 0.0163. The summed E-state index contributed by atoms with van der Waals surface area (Å²) in [6, 6.07) is 17.2. The molecule has 0 aromatic heterocycles. The van der Waals surface area contributed by atoms with Gasteiger partial charge in [0.1, 0.15) is 0 Å². The molecule has 5 heteroatoms. The highest BCUT2D eigenvalue weighted by Crippen LogP contribution is 2.16. The van der Waals surface area contributed by atoms with Crippen LogP contribution >= 0.6 is 0 Å². The van der Waals surface area contributed by atoms with E-state index in [1.165, 1.54) is 6.92 Å². The van der Waals surface area contributed by atoms with E-state index in [0.717, 1.165) is 23.4 Å². The maximum Gasteiger partial charge on any atom is 0.239 e. The fourth-order valence-corrected chi connectivity index (χ4v) is 2.41. The lowest BCUT2D eigenvalue weighted by Crippen LogP contribution is -2.33. The maximum absolute atomic E-state index is 12.1. The minimum atomic E-state index is -0.110. The second kappa shape index (κ2) is 8.72. The van der Waals surface area contributed by atoms with Crippen LogP contribution in [0.1, 0.15) is 31.9 Å². The molecule has 24 heavy (non-hydrogen) atoms. The molecule has 2 aromatic carbocycles. The third kappa shape index (κ3) is 5.43. The van der Waals surface area contributed by atoms with Crippen molar-refractivity contribution in [3.63, 3.8) is 0 Å². The summed E-state index contributed by atoms with van der Waals surface area (Å²) in [5, 5.41) is 8.82. The Kier molecular flexibility index (Phi) is 6.37. The Bertz CT molecular complexity index is 669. The Morgan fingerprint density at radius 2 is 1.58 bits per heavy atom. The van der Waals surface area contributed by atoms with E-state index in [-0.39, 0.29) is 24.4 Å². The molecule has 0 aliphatic carbocycles. The van der Waals surface area contributed by atoms with Gasteiger partial charge in [-0.15, -0.1) is 0 Å². The molecule has 5 nitrogen and oxygen atoms in total. The van der Waals surface area contributed by atoms with Crippen LogP contribution in [0.2, 0.25) is 0 Å². The second-order valence-electron chi connectivity index (χ2n) is 5.55. The molecule has 2 amide bonds. The van der Waals surface area contributed by atoms with Gasteiger partial charge in [-0.05, 0) is 36.2 Å². The van der Waals surface area contributed by atoms with Crippen LogP contribution in [0.3, 0.4) is 0 Å². The van der Waals surface area contributed by atoms with Crippen molar-refractivity contribution in [2.45, 2.75) is 26.3 Å². The number of anilines is 2. The van der Waals surface area contributed by atoms with Gasteiger partial charge in [0.25, 0.3) is 0 Å². The van der Waals surface area contributed by atoms with Gasteiger partial charge < -0.3 is 16.0 Å². The van der Waals surface area contributed by atoms with Crippen LogP contribution in [-0.4, -0.2) is 18.4 Å². The number of nitrogens with one attached hydrogen (secondary N) is 3. The molecule has 0 fully saturated rings. The molecule has 126 valence electrons. The Labute approximate surface area is 142 Å². The lowest BCUT2D eigenvalue weighted by atomic mass is 10.0. The number of hydrogen-bond donors (Lipinski definition) is 3. The first-order chi connectivity index (χ1) is 11.6. The van der Waals surface area contributed by atoms with Gasteiger partial charge in [0, 0.05) is 18.3 Å². The Hall–Kier alpha value is -2.82. The molecule has 3 N–H and O–H groups in total. The van der Waals surface area contributed by atoms with Gasteiger partial charge in [-0.2, -0.15) is 0 Å². The molecule has 0 radical (unpaired) electrons. The summed E-state index contributed by atoms with van der Waals surface area (Å²) in [6.45, 7) is 3.71. The molecular weight excluding hydrogens is 302 g/mol. The topological polar surface area (TPSA) is 70.2 Å². The van der Waals surface area contributed by atoms with Crippen molar-refractivity contribution in [1.29, 1.82) is 0 Å². The minimum Gasteiger partial charge on any atom is -0.376 e. The van der Waals surface area contributed by atoms with Gasteiger partial charge in [-0.3, -0.25) is 9.59 Å². The van der Waals surface area contributed by atoms with Crippen molar-refractivity contribution in [3.8, 4) is 0 Å². The maximum atomic E-state index is 12.1. The van der Waals surface area contributed by atoms with Crippen LogP contribution in [-0.2, 0) is 9.59 Å². The number of benzene rings is 2. The number of rotatable bonds is 7. The average Bonchev–Trinajstić information content (AvgIpc) is 2.59. The zero-order valence-electron chi connectivity index (χ0n) is 14.0. The summed E-state index contributed by atoms with van der Waals surface area (Å²) in [4.78, 5) is 23.1.